The van der Waals surface area contributed by atoms with Gasteiger partial charge in [0.15, 0.2) is 0 Å². The van der Waals surface area contributed by atoms with E-state index in [2.05, 4.69) is 17.6 Å². The SMILES string of the molecule is COCCC(C)NCC(=O)NC1CCOCC1. The molecule has 17 heavy (non-hydrogen) atoms. The lowest BCUT2D eigenvalue weighted by molar-refractivity contribution is -0.121. The Morgan fingerprint density at radius 1 is 1.47 bits per heavy atom. The summed E-state index contributed by atoms with van der Waals surface area (Å²) in [5, 5.41) is 6.20. The zero-order valence-corrected chi connectivity index (χ0v) is 10.8. The normalized spacial score (nSPS) is 18.9. The molecule has 1 rings (SSSR count). The van der Waals surface area contributed by atoms with Gasteiger partial charge in [-0.2, -0.15) is 0 Å². The average Bonchev–Trinajstić information content (AvgIpc) is 2.35. The van der Waals surface area contributed by atoms with Gasteiger partial charge in [-0.1, -0.05) is 0 Å². The molecule has 1 aliphatic heterocycles. The second kappa shape index (κ2) is 8.44. The van der Waals surface area contributed by atoms with Gasteiger partial charge in [-0.15, -0.1) is 0 Å². The van der Waals surface area contributed by atoms with E-state index < -0.39 is 0 Å². The Labute approximate surface area is 103 Å². The first-order valence-electron chi connectivity index (χ1n) is 6.31. The molecule has 1 heterocycles. The summed E-state index contributed by atoms with van der Waals surface area (Å²) in [6, 6.07) is 0.586. The molecule has 0 saturated carbocycles. The van der Waals surface area contributed by atoms with Gasteiger partial charge < -0.3 is 20.1 Å². The van der Waals surface area contributed by atoms with Crippen molar-refractivity contribution < 1.29 is 14.3 Å². The highest BCUT2D eigenvalue weighted by atomic mass is 16.5. The fourth-order valence-corrected chi connectivity index (χ4v) is 1.78. The molecule has 0 spiro atoms. The van der Waals surface area contributed by atoms with E-state index in [0.29, 0.717) is 12.6 Å². The molecule has 0 aliphatic carbocycles. The van der Waals surface area contributed by atoms with Crippen LogP contribution in [0.15, 0.2) is 0 Å². The van der Waals surface area contributed by atoms with E-state index in [1.807, 2.05) is 0 Å². The molecule has 5 heteroatoms. The molecule has 1 atom stereocenters. The summed E-state index contributed by atoms with van der Waals surface area (Å²) < 4.78 is 10.2. The van der Waals surface area contributed by atoms with Gasteiger partial charge in [-0.3, -0.25) is 4.79 Å². The van der Waals surface area contributed by atoms with Crippen molar-refractivity contribution >= 4 is 5.91 Å². The van der Waals surface area contributed by atoms with Crippen molar-refractivity contribution in [3.63, 3.8) is 0 Å². The summed E-state index contributed by atoms with van der Waals surface area (Å²) in [7, 11) is 1.69. The highest BCUT2D eigenvalue weighted by Gasteiger charge is 2.15. The molecule has 0 aromatic heterocycles. The van der Waals surface area contributed by atoms with E-state index in [-0.39, 0.29) is 11.9 Å². The van der Waals surface area contributed by atoms with E-state index >= 15 is 0 Å². The van der Waals surface area contributed by atoms with Crippen molar-refractivity contribution in [1.29, 1.82) is 0 Å². The van der Waals surface area contributed by atoms with E-state index in [4.69, 9.17) is 9.47 Å². The lowest BCUT2D eigenvalue weighted by Gasteiger charge is -2.23. The van der Waals surface area contributed by atoms with Gasteiger partial charge in [0.2, 0.25) is 5.91 Å². The van der Waals surface area contributed by atoms with Crippen LogP contribution in [0.2, 0.25) is 0 Å². The van der Waals surface area contributed by atoms with Crippen LogP contribution in [0.25, 0.3) is 0 Å². The lowest BCUT2D eigenvalue weighted by Crippen LogP contribution is -2.44. The zero-order chi connectivity index (χ0) is 12.5. The lowest BCUT2D eigenvalue weighted by atomic mass is 10.1. The van der Waals surface area contributed by atoms with Crippen LogP contribution in [-0.4, -0.2) is 51.5 Å². The standard InChI is InChI=1S/C12H24N2O3/c1-10(3-6-16-2)13-9-12(15)14-11-4-7-17-8-5-11/h10-11,13H,3-9H2,1-2H3,(H,14,15). The Morgan fingerprint density at radius 2 is 2.18 bits per heavy atom. The van der Waals surface area contributed by atoms with Crippen LogP contribution >= 0.6 is 0 Å². The maximum atomic E-state index is 11.6. The molecule has 0 radical (unpaired) electrons. The van der Waals surface area contributed by atoms with Crippen LogP contribution in [0.1, 0.15) is 26.2 Å². The Kier molecular flexibility index (Phi) is 7.16. The van der Waals surface area contributed by atoms with Crippen molar-refractivity contribution in [3.8, 4) is 0 Å². The predicted octanol–water partition coefficient (Wildman–Crippen LogP) is 0.296. The highest BCUT2D eigenvalue weighted by molar-refractivity contribution is 5.78. The van der Waals surface area contributed by atoms with Crippen LogP contribution in [0.5, 0.6) is 0 Å². The maximum absolute atomic E-state index is 11.6. The molecular weight excluding hydrogens is 220 g/mol. The van der Waals surface area contributed by atoms with Crippen LogP contribution in [0.4, 0.5) is 0 Å². The quantitative estimate of drug-likeness (QED) is 0.676. The summed E-state index contributed by atoms with van der Waals surface area (Å²) >= 11 is 0. The van der Waals surface area contributed by atoms with E-state index in [1.54, 1.807) is 7.11 Å². The summed E-state index contributed by atoms with van der Waals surface area (Å²) in [5.41, 5.74) is 0. The number of amides is 1. The molecule has 1 saturated heterocycles. The number of carbonyl (C=O) groups is 1. The monoisotopic (exact) mass is 244 g/mol. The molecule has 0 aromatic rings. The third kappa shape index (κ3) is 6.61. The van der Waals surface area contributed by atoms with Crippen molar-refractivity contribution in [3.05, 3.63) is 0 Å². The van der Waals surface area contributed by atoms with Crippen molar-refractivity contribution in [2.75, 3.05) is 33.5 Å². The fraction of sp³-hybridized carbons (Fsp3) is 0.917. The fourth-order valence-electron chi connectivity index (χ4n) is 1.78. The molecular formula is C12H24N2O3. The Balaban J connectivity index is 2.07. The number of carbonyl (C=O) groups excluding carboxylic acids is 1. The summed E-state index contributed by atoms with van der Waals surface area (Å²) in [6.07, 6.45) is 2.76. The van der Waals surface area contributed by atoms with Gasteiger partial charge in [0.25, 0.3) is 0 Å². The number of hydrogen-bond acceptors (Lipinski definition) is 4. The van der Waals surface area contributed by atoms with E-state index in [0.717, 1.165) is 39.1 Å². The average molecular weight is 244 g/mol. The van der Waals surface area contributed by atoms with E-state index in [1.165, 1.54) is 0 Å². The summed E-state index contributed by atoms with van der Waals surface area (Å²) in [6.45, 7) is 4.66. The molecule has 1 aliphatic rings. The van der Waals surface area contributed by atoms with Crippen molar-refractivity contribution in [2.45, 2.75) is 38.3 Å². The molecule has 100 valence electrons. The molecule has 1 unspecified atom stereocenters. The largest absolute Gasteiger partial charge is 0.385 e. The van der Waals surface area contributed by atoms with E-state index in [9.17, 15) is 4.79 Å². The third-order valence-corrected chi connectivity index (χ3v) is 2.95. The number of nitrogens with one attached hydrogen (secondary N) is 2. The first-order chi connectivity index (χ1) is 8.22. The second-order valence-electron chi connectivity index (χ2n) is 4.52. The number of rotatable bonds is 7. The van der Waals surface area contributed by atoms with Gasteiger partial charge >= 0.3 is 0 Å². The topological polar surface area (TPSA) is 59.6 Å². The van der Waals surface area contributed by atoms with Crippen LogP contribution < -0.4 is 10.6 Å². The van der Waals surface area contributed by atoms with Crippen molar-refractivity contribution in [2.24, 2.45) is 0 Å². The summed E-state index contributed by atoms with van der Waals surface area (Å²) in [5.74, 6) is 0.0705. The minimum Gasteiger partial charge on any atom is -0.385 e. The van der Waals surface area contributed by atoms with Gasteiger partial charge in [-0.25, -0.2) is 0 Å². The van der Waals surface area contributed by atoms with Gasteiger partial charge in [0, 0.05) is 39.0 Å². The smallest absolute Gasteiger partial charge is 0.234 e. The molecule has 0 aromatic carbocycles. The number of ether oxygens (including phenoxy) is 2. The van der Waals surface area contributed by atoms with Crippen LogP contribution in [0, 0.1) is 0 Å². The molecule has 5 nitrogen and oxygen atoms in total. The third-order valence-electron chi connectivity index (χ3n) is 2.95. The minimum atomic E-state index is 0.0705. The number of hydrogen-bond donors (Lipinski definition) is 2. The maximum Gasteiger partial charge on any atom is 0.234 e. The zero-order valence-electron chi connectivity index (χ0n) is 10.8. The highest BCUT2D eigenvalue weighted by Crippen LogP contribution is 2.05. The minimum absolute atomic E-state index is 0.0705. The Bertz CT molecular complexity index is 218. The summed E-state index contributed by atoms with van der Waals surface area (Å²) in [4.78, 5) is 11.6. The van der Waals surface area contributed by atoms with Crippen LogP contribution in [-0.2, 0) is 14.3 Å². The van der Waals surface area contributed by atoms with Gasteiger partial charge in [0.1, 0.15) is 0 Å². The van der Waals surface area contributed by atoms with Gasteiger partial charge in [-0.05, 0) is 26.2 Å². The Morgan fingerprint density at radius 3 is 2.82 bits per heavy atom. The second-order valence-corrected chi connectivity index (χ2v) is 4.52. The molecule has 1 amide bonds. The van der Waals surface area contributed by atoms with Crippen molar-refractivity contribution in [1.82, 2.24) is 10.6 Å². The molecule has 2 N–H and O–H groups in total. The van der Waals surface area contributed by atoms with Gasteiger partial charge in [0.05, 0.1) is 6.54 Å². The first kappa shape index (κ1) is 14.4. The Hall–Kier alpha value is -0.650. The predicted molar refractivity (Wildman–Crippen MR) is 65.9 cm³/mol. The first-order valence-corrected chi connectivity index (χ1v) is 6.31. The molecule has 0 bridgehead atoms. The van der Waals surface area contributed by atoms with Crippen LogP contribution in [0.3, 0.4) is 0 Å². The molecule has 1 fully saturated rings. The number of methoxy groups -OCH3 is 1.